The molecule has 13 rings (SSSR count). The van der Waals surface area contributed by atoms with E-state index < -0.39 is 0 Å². The van der Waals surface area contributed by atoms with E-state index in [0.717, 1.165) is 116 Å². The zero-order valence-corrected chi connectivity index (χ0v) is 38.8. The number of aromatic nitrogens is 4. The minimum atomic E-state index is 0.612. The van der Waals surface area contributed by atoms with Gasteiger partial charge in [-0.3, -0.25) is 0 Å². The average molecular weight is 917 g/mol. The number of rotatable bonds is 8. The Kier molecular flexibility index (Phi) is 10.2. The van der Waals surface area contributed by atoms with Crippen molar-refractivity contribution < 1.29 is 0 Å². The summed E-state index contributed by atoms with van der Waals surface area (Å²) in [4.78, 5) is 17.9. The van der Waals surface area contributed by atoms with E-state index in [-0.39, 0.29) is 0 Å². The van der Waals surface area contributed by atoms with E-state index in [4.69, 9.17) is 23.1 Å². The molecule has 0 radical (unpaired) electrons. The Morgan fingerprint density at radius 3 is 1.33 bits per heavy atom. The number of nitrogens with zero attached hydrogens (tertiary/aromatic N) is 6. The Bertz CT molecular complexity index is 4300. The number of hydrogen-bond acceptors (Lipinski definition) is 2. The predicted molar refractivity (Wildman–Crippen MR) is 296 cm³/mol. The molecule has 6 heteroatoms. The van der Waals surface area contributed by atoms with Gasteiger partial charge in [0.1, 0.15) is 0 Å². The molecule has 13 aromatic rings. The summed E-state index contributed by atoms with van der Waals surface area (Å²) >= 11 is 0. The Hall–Kier alpha value is -10.1. The van der Waals surface area contributed by atoms with Crippen molar-refractivity contribution in [3.05, 3.63) is 265 Å². The van der Waals surface area contributed by atoms with Gasteiger partial charge < -0.3 is 9.13 Å². The zero-order valence-electron chi connectivity index (χ0n) is 38.8. The quantitative estimate of drug-likeness (QED) is 0.143. The molecule has 0 bridgehead atoms. The molecule has 6 nitrogen and oxygen atoms in total. The van der Waals surface area contributed by atoms with Crippen molar-refractivity contribution in [2.75, 3.05) is 0 Å². The van der Waals surface area contributed by atoms with Crippen LogP contribution >= 0.6 is 0 Å². The molecule has 0 spiro atoms. The number of para-hydroxylation sites is 3. The van der Waals surface area contributed by atoms with Crippen molar-refractivity contribution in [1.29, 1.82) is 0 Å². The highest BCUT2D eigenvalue weighted by Crippen LogP contribution is 2.44. The molecule has 0 unspecified atom stereocenters. The molecule has 72 heavy (non-hydrogen) atoms. The van der Waals surface area contributed by atoms with Gasteiger partial charge >= 0.3 is 0 Å². The number of hydrogen-bond donors (Lipinski definition) is 0. The summed E-state index contributed by atoms with van der Waals surface area (Å²) in [6, 6.07) is 84.4. The van der Waals surface area contributed by atoms with Crippen LogP contribution in [0.4, 0.5) is 11.4 Å². The van der Waals surface area contributed by atoms with Gasteiger partial charge in [0.2, 0.25) is 0 Å². The number of benzene rings is 10. The van der Waals surface area contributed by atoms with Gasteiger partial charge in [0.05, 0.1) is 58.0 Å². The molecule has 0 N–H and O–H groups in total. The second-order valence-electron chi connectivity index (χ2n) is 17.9. The summed E-state index contributed by atoms with van der Waals surface area (Å²) in [5.41, 5.74) is 18.4. The zero-order chi connectivity index (χ0) is 48.1. The van der Waals surface area contributed by atoms with Crippen LogP contribution in [0.15, 0.2) is 243 Å². The fraction of sp³-hybridized carbons (Fsp3) is 0. The van der Waals surface area contributed by atoms with Crippen molar-refractivity contribution >= 4 is 55.0 Å². The van der Waals surface area contributed by atoms with Crippen LogP contribution < -0.4 is 0 Å². The minimum Gasteiger partial charge on any atom is -0.309 e. The summed E-state index contributed by atoms with van der Waals surface area (Å²) in [6.45, 7) is 15.4. The normalized spacial score (nSPS) is 11.3. The molecule has 10 aromatic carbocycles. The third kappa shape index (κ3) is 7.19. The molecule has 0 saturated heterocycles. The lowest BCUT2D eigenvalue weighted by Crippen LogP contribution is -2.02. The molecule has 0 atom stereocenters. The molecule has 3 aromatic heterocycles. The van der Waals surface area contributed by atoms with E-state index in [1.165, 1.54) is 0 Å². The van der Waals surface area contributed by atoms with Gasteiger partial charge in [0, 0.05) is 49.4 Å². The SMILES string of the molecule is [C-]#[N+]c1cccc(-c2ccc3c(c2)c2ccccc2n3-c2ccccc2-c2ccc(-c3cc(-c4ccccc4)nc(-c4ccccc4)n3)cc2-n2c3ccccc3c3cc(-c4cccc([N+]#[C-])c4)ccc32)c1. The van der Waals surface area contributed by atoms with Gasteiger partial charge in [-0.05, 0) is 89.0 Å². The lowest BCUT2D eigenvalue weighted by Gasteiger charge is -2.20. The van der Waals surface area contributed by atoms with E-state index in [2.05, 4.69) is 189 Å². The Morgan fingerprint density at radius 1 is 0.292 bits per heavy atom. The summed E-state index contributed by atoms with van der Waals surface area (Å²) in [6.07, 6.45) is 0. The van der Waals surface area contributed by atoms with Crippen molar-refractivity contribution in [2.45, 2.75) is 0 Å². The van der Waals surface area contributed by atoms with E-state index >= 15 is 0 Å². The van der Waals surface area contributed by atoms with Crippen molar-refractivity contribution in [3.8, 4) is 78.7 Å². The molecule has 0 saturated carbocycles. The van der Waals surface area contributed by atoms with Crippen LogP contribution in [0.1, 0.15) is 0 Å². The van der Waals surface area contributed by atoms with Gasteiger partial charge in [-0.15, -0.1) is 0 Å². The van der Waals surface area contributed by atoms with Gasteiger partial charge in [-0.1, -0.05) is 176 Å². The third-order valence-electron chi connectivity index (χ3n) is 13.8. The van der Waals surface area contributed by atoms with Crippen molar-refractivity contribution in [2.24, 2.45) is 0 Å². The fourth-order valence-corrected chi connectivity index (χ4v) is 10.4. The molecular weight excluding hydrogens is 877 g/mol. The van der Waals surface area contributed by atoms with Crippen LogP contribution in [0.5, 0.6) is 0 Å². The predicted octanol–water partition coefficient (Wildman–Crippen LogP) is 17.8. The largest absolute Gasteiger partial charge is 0.309 e. The van der Waals surface area contributed by atoms with E-state index in [9.17, 15) is 0 Å². The first-order valence-corrected chi connectivity index (χ1v) is 23.9. The Labute approximate surface area is 416 Å². The molecule has 0 fully saturated rings. The highest BCUT2D eigenvalue weighted by molar-refractivity contribution is 6.13. The van der Waals surface area contributed by atoms with Gasteiger partial charge in [0.25, 0.3) is 0 Å². The first-order chi connectivity index (χ1) is 35.6. The molecule has 0 amide bonds. The molecule has 0 aliphatic rings. The van der Waals surface area contributed by atoms with Gasteiger partial charge in [-0.25, -0.2) is 19.7 Å². The average Bonchev–Trinajstić information content (AvgIpc) is 3.97. The summed E-state index contributed by atoms with van der Waals surface area (Å²) in [5.74, 6) is 0.656. The smallest absolute Gasteiger partial charge is 0.187 e. The van der Waals surface area contributed by atoms with E-state index in [0.29, 0.717) is 17.2 Å². The fourth-order valence-electron chi connectivity index (χ4n) is 10.4. The standard InChI is InChI=1S/C66H40N6/c1-67-50-23-15-21-45(37-50)47-32-35-63-56(39-47)53-26-10-13-29-61(53)71(63)60-28-12-9-25-52(60)55-34-31-49(59-42-58(43-17-5-3-6-18-43)69-66(70-59)44-19-7-4-8-20-44)41-65(55)72-62-30-14-11-27-54(62)57-40-48(33-36-64(57)72)46-22-16-24-51(38-46)68-2/h3-42H. The van der Waals surface area contributed by atoms with Gasteiger partial charge in [-0.2, -0.15) is 0 Å². The van der Waals surface area contributed by atoms with Crippen molar-refractivity contribution in [3.63, 3.8) is 0 Å². The first kappa shape index (κ1) is 42.0. The lowest BCUT2D eigenvalue weighted by atomic mass is 9.97. The molecular formula is C66H40N6. The van der Waals surface area contributed by atoms with Crippen LogP contribution in [0.2, 0.25) is 0 Å². The third-order valence-corrected chi connectivity index (χ3v) is 13.8. The van der Waals surface area contributed by atoms with E-state index in [1.807, 2.05) is 72.8 Å². The topological polar surface area (TPSA) is 44.4 Å². The maximum atomic E-state index is 7.72. The van der Waals surface area contributed by atoms with Crippen LogP contribution in [0, 0.1) is 13.1 Å². The van der Waals surface area contributed by atoms with Crippen LogP contribution in [-0.2, 0) is 0 Å². The highest BCUT2D eigenvalue weighted by Gasteiger charge is 2.22. The Balaban J connectivity index is 1.08. The minimum absolute atomic E-state index is 0.612. The van der Waals surface area contributed by atoms with Gasteiger partial charge in [0.15, 0.2) is 17.2 Å². The van der Waals surface area contributed by atoms with Crippen molar-refractivity contribution in [1.82, 2.24) is 19.1 Å². The first-order valence-electron chi connectivity index (χ1n) is 23.9. The summed E-state index contributed by atoms with van der Waals surface area (Å²) in [5, 5.41) is 4.52. The van der Waals surface area contributed by atoms with E-state index in [1.54, 1.807) is 0 Å². The monoisotopic (exact) mass is 916 g/mol. The molecule has 334 valence electrons. The number of fused-ring (bicyclic) bond motifs is 6. The maximum Gasteiger partial charge on any atom is 0.187 e. The van der Waals surface area contributed by atoms with Crippen LogP contribution in [0.25, 0.3) is 132 Å². The summed E-state index contributed by atoms with van der Waals surface area (Å²) in [7, 11) is 0. The molecule has 0 aliphatic carbocycles. The highest BCUT2D eigenvalue weighted by atomic mass is 15.0. The Morgan fingerprint density at radius 2 is 0.736 bits per heavy atom. The van der Waals surface area contributed by atoms with Crippen LogP contribution in [0.3, 0.4) is 0 Å². The summed E-state index contributed by atoms with van der Waals surface area (Å²) < 4.78 is 4.81. The second-order valence-corrected chi connectivity index (χ2v) is 17.9. The molecule has 0 aliphatic heterocycles. The van der Waals surface area contributed by atoms with Crippen LogP contribution in [-0.4, -0.2) is 19.1 Å². The maximum absolute atomic E-state index is 7.72. The second kappa shape index (κ2) is 17.4. The lowest BCUT2D eigenvalue weighted by molar-refractivity contribution is 1.15. The molecule has 3 heterocycles.